The highest BCUT2D eigenvalue weighted by Gasteiger charge is 2.54. The molecule has 6 heteroatoms. The van der Waals surface area contributed by atoms with Crippen LogP contribution in [0.5, 0.6) is 5.75 Å². The van der Waals surface area contributed by atoms with E-state index < -0.39 is 11.7 Å². The molecule has 3 heterocycles. The van der Waals surface area contributed by atoms with Crippen molar-refractivity contribution in [3.05, 3.63) is 39.3 Å². The van der Waals surface area contributed by atoms with Gasteiger partial charge in [-0.15, -0.1) is 0 Å². The summed E-state index contributed by atoms with van der Waals surface area (Å²) >= 11 is 0. The molecule has 0 amide bonds. The first-order valence-corrected chi connectivity index (χ1v) is 13.4. The van der Waals surface area contributed by atoms with Gasteiger partial charge in [-0.3, -0.25) is 9.59 Å². The second-order valence-corrected chi connectivity index (χ2v) is 11.4. The molecule has 1 aliphatic carbocycles. The van der Waals surface area contributed by atoms with Crippen molar-refractivity contribution in [3.8, 4) is 5.75 Å². The lowest BCUT2D eigenvalue weighted by Crippen LogP contribution is -2.45. The first kappa shape index (κ1) is 26.2. The number of rotatable bonds is 7. The number of aromatic nitrogens is 1. The van der Waals surface area contributed by atoms with Crippen molar-refractivity contribution in [2.75, 3.05) is 7.11 Å². The standard InChI is InChI=1S/C29H43NO5/c1-8-17(2)13-18(3)14-20(5)26-19(4)9-10-23(34-26)25-27-22(16-30(6)28(25)32)29(33-7)12-11-21(31)15-24(29)35-27/h14,16-19,23-24,26H,8-13,15H2,1-7H3. The van der Waals surface area contributed by atoms with E-state index in [1.54, 1.807) is 18.7 Å². The predicted octanol–water partition coefficient (Wildman–Crippen LogP) is 5.62. The van der Waals surface area contributed by atoms with Gasteiger partial charge in [-0.25, -0.2) is 0 Å². The number of fused-ring (bicyclic) bond motifs is 3. The van der Waals surface area contributed by atoms with Gasteiger partial charge >= 0.3 is 0 Å². The quantitative estimate of drug-likeness (QED) is 0.469. The van der Waals surface area contributed by atoms with Gasteiger partial charge in [-0.05, 0) is 55.9 Å². The largest absolute Gasteiger partial charge is 0.486 e. The van der Waals surface area contributed by atoms with Gasteiger partial charge in [0.05, 0.1) is 17.8 Å². The molecule has 0 radical (unpaired) electrons. The van der Waals surface area contributed by atoms with E-state index in [-0.39, 0.29) is 23.6 Å². The summed E-state index contributed by atoms with van der Waals surface area (Å²) in [7, 11) is 3.46. The van der Waals surface area contributed by atoms with Crippen molar-refractivity contribution >= 4 is 5.78 Å². The molecule has 6 nitrogen and oxygen atoms in total. The van der Waals surface area contributed by atoms with E-state index in [2.05, 4.69) is 40.7 Å². The smallest absolute Gasteiger partial charge is 0.259 e. The second-order valence-electron chi connectivity index (χ2n) is 11.4. The maximum atomic E-state index is 13.5. The maximum Gasteiger partial charge on any atom is 0.259 e. The van der Waals surface area contributed by atoms with Crippen molar-refractivity contribution in [2.24, 2.45) is 24.8 Å². The summed E-state index contributed by atoms with van der Waals surface area (Å²) in [5.41, 5.74) is 1.93. The minimum atomic E-state index is -0.688. The van der Waals surface area contributed by atoms with Crippen LogP contribution in [0, 0.1) is 17.8 Å². The summed E-state index contributed by atoms with van der Waals surface area (Å²) in [6.07, 6.45) is 8.86. The fourth-order valence-corrected chi connectivity index (χ4v) is 6.47. The van der Waals surface area contributed by atoms with Crippen molar-refractivity contribution in [3.63, 3.8) is 0 Å². The number of hydrogen-bond donors (Lipinski definition) is 0. The third-order valence-corrected chi connectivity index (χ3v) is 8.65. The number of pyridine rings is 1. The molecule has 3 aliphatic rings. The highest BCUT2D eigenvalue weighted by atomic mass is 16.6. The summed E-state index contributed by atoms with van der Waals surface area (Å²) in [6, 6.07) is 0. The minimum absolute atomic E-state index is 0.0321. The van der Waals surface area contributed by atoms with E-state index >= 15 is 0 Å². The van der Waals surface area contributed by atoms with Gasteiger partial charge in [0.1, 0.15) is 23.2 Å². The van der Waals surface area contributed by atoms with Crippen LogP contribution in [0.1, 0.15) is 96.8 Å². The molecule has 0 N–H and O–H groups in total. The third-order valence-electron chi connectivity index (χ3n) is 8.65. The van der Waals surface area contributed by atoms with Gasteiger partial charge in [0.25, 0.3) is 5.56 Å². The lowest BCUT2D eigenvalue weighted by molar-refractivity contribution is -0.139. The molecule has 2 fully saturated rings. The monoisotopic (exact) mass is 485 g/mol. The number of methoxy groups -OCH3 is 1. The summed E-state index contributed by atoms with van der Waals surface area (Å²) in [5, 5.41) is 0. The van der Waals surface area contributed by atoms with E-state index in [9.17, 15) is 9.59 Å². The Hall–Kier alpha value is -1.92. The summed E-state index contributed by atoms with van der Waals surface area (Å²) in [5.74, 6) is 2.33. The number of ketones is 1. The molecule has 0 bridgehead atoms. The van der Waals surface area contributed by atoms with Crippen LogP contribution in [0.4, 0.5) is 0 Å². The third kappa shape index (κ3) is 4.76. The number of carbonyl (C=O) groups excluding carboxylic acids is 1. The van der Waals surface area contributed by atoms with E-state index in [0.29, 0.717) is 48.3 Å². The Morgan fingerprint density at radius 1 is 1.31 bits per heavy atom. The molecule has 194 valence electrons. The lowest BCUT2D eigenvalue weighted by atomic mass is 9.78. The molecule has 2 aliphatic heterocycles. The van der Waals surface area contributed by atoms with Crippen molar-refractivity contribution in [1.82, 2.24) is 4.57 Å². The van der Waals surface area contributed by atoms with Crippen LogP contribution < -0.4 is 10.3 Å². The highest BCUT2D eigenvalue weighted by molar-refractivity contribution is 5.81. The van der Waals surface area contributed by atoms with E-state index in [1.807, 2.05) is 6.20 Å². The van der Waals surface area contributed by atoms with Crippen LogP contribution in [0.3, 0.4) is 0 Å². The number of hydrogen-bond acceptors (Lipinski definition) is 5. The first-order valence-electron chi connectivity index (χ1n) is 13.4. The lowest BCUT2D eigenvalue weighted by Gasteiger charge is -2.36. The molecule has 4 rings (SSSR count). The zero-order valence-electron chi connectivity index (χ0n) is 22.6. The number of Topliss-reactive ketones (excluding diaryl/α,β-unsaturated/α-hetero) is 1. The molecule has 35 heavy (non-hydrogen) atoms. The Morgan fingerprint density at radius 2 is 2.06 bits per heavy atom. The number of ether oxygens (including phenoxy) is 3. The van der Waals surface area contributed by atoms with E-state index in [4.69, 9.17) is 14.2 Å². The van der Waals surface area contributed by atoms with Crippen molar-refractivity contribution in [2.45, 2.75) is 103 Å². The molecule has 0 aromatic carbocycles. The molecular formula is C29H43NO5. The van der Waals surface area contributed by atoms with Gasteiger partial charge in [0, 0.05) is 38.8 Å². The summed E-state index contributed by atoms with van der Waals surface area (Å²) in [6.45, 7) is 11.2. The predicted molar refractivity (Wildman–Crippen MR) is 137 cm³/mol. The Kier molecular flexibility index (Phi) is 7.63. The number of nitrogens with zero attached hydrogens (tertiary/aromatic N) is 1. The van der Waals surface area contributed by atoms with Crippen LogP contribution >= 0.6 is 0 Å². The first-order chi connectivity index (χ1) is 16.6. The fourth-order valence-electron chi connectivity index (χ4n) is 6.47. The van der Waals surface area contributed by atoms with Crippen molar-refractivity contribution in [1.29, 1.82) is 0 Å². The highest BCUT2D eigenvalue weighted by Crippen LogP contribution is 2.52. The van der Waals surface area contributed by atoms with Gasteiger partial charge in [-0.2, -0.15) is 0 Å². The maximum absolute atomic E-state index is 13.5. The van der Waals surface area contributed by atoms with Crippen LogP contribution in [-0.4, -0.2) is 29.7 Å². The molecule has 7 atom stereocenters. The molecule has 1 saturated heterocycles. The van der Waals surface area contributed by atoms with Crippen LogP contribution in [0.25, 0.3) is 0 Å². The zero-order chi connectivity index (χ0) is 25.5. The average molecular weight is 486 g/mol. The van der Waals surface area contributed by atoms with Gasteiger partial charge < -0.3 is 18.8 Å². The van der Waals surface area contributed by atoms with Crippen LogP contribution in [-0.2, 0) is 26.9 Å². The summed E-state index contributed by atoms with van der Waals surface area (Å²) < 4.78 is 20.8. The van der Waals surface area contributed by atoms with E-state index in [0.717, 1.165) is 24.8 Å². The van der Waals surface area contributed by atoms with Gasteiger partial charge in [-0.1, -0.05) is 40.2 Å². The zero-order valence-corrected chi connectivity index (χ0v) is 22.6. The molecule has 1 saturated carbocycles. The second kappa shape index (κ2) is 10.2. The fraction of sp³-hybridized carbons (Fsp3) is 0.724. The molecule has 1 aromatic rings. The Labute approximate surface area is 210 Å². The van der Waals surface area contributed by atoms with Crippen molar-refractivity contribution < 1.29 is 19.0 Å². The van der Waals surface area contributed by atoms with Gasteiger partial charge in [0.15, 0.2) is 0 Å². The normalized spacial score (nSPS) is 32.5. The molecular weight excluding hydrogens is 442 g/mol. The summed E-state index contributed by atoms with van der Waals surface area (Å²) in [4.78, 5) is 25.7. The molecule has 7 unspecified atom stereocenters. The average Bonchev–Trinajstić information content (AvgIpc) is 3.13. The Balaban J connectivity index is 1.67. The number of allylic oxidation sites excluding steroid dienone is 1. The van der Waals surface area contributed by atoms with E-state index in [1.165, 1.54) is 12.0 Å². The van der Waals surface area contributed by atoms with Crippen LogP contribution in [0.2, 0.25) is 0 Å². The number of carbonyl (C=O) groups is 1. The Morgan fingerprint density at radius 3 is 2.74 bits per heavy atom. The number of aryl methyl sites for hydroxylation is 1. The minimum Gasteiger partial charge on any atom is -0.486 e. The Bertz CT molecular complexity index is 1040. The van der Waals surface area contributed by atoms with Crippen LogP contribution in [0.15, 0.2) is 22.6 Å². The SMILES string of the molecule is CCC(C)CC(C)C=C(C)C1OC(c2c3c(cn(C)c2=O)C2(OC)CCC(=O)CC2O3)CCC1C. The topological polar surface area (TPSA) is 66.8 Å². The molecule has 1 aromatic heterocycles. The molecule has 0 spiro atoms. The van der Waals surface area contributed by atoms with Gasteiger partial charge in [0.2, 0.25) is 0 Å².